The third-order valence-corrected chi connectivity index (χ3v) is 2.93. The molecule has 7 nitrogen and oxygen atoms in total. The number of hydrogen-bond donors (Lipinski definition) is 2. The molecule has 2 aromatic heterocycles. The van der Waals surface area contributed by atoms with Crippen LogP contribution in [0.3, 0.4) is 0 Å². The second kappa shape index (κ2) is 4.27. The van der Waals surface area contributed by atoms with Crippen molar-refractivity contribution >= 4 is 11.8 Å². The molecule has 98 valence electrons. The van der Waals surface area contributed by atoms with Crippen molar-refractivity contribution in [2.24, 2.45) is 0 Å². The summed E-state index contributed by atoms with van der Waals surface area (Å²) in [5, 5.41) is 15.3. The fourth-order valence-electron chi connectivity index (χ4n) is 2.09. The third kappa shape index (κ3) is 1.99. The Morgan fingerprint density at radius 1 is 1.63 bits per heavy atom. The Morgan fingerprint density at radius 2 is 2.47 bits per heavy atom. The number of rotatable bonds is 1. The van der Waals surface area contributed by atoms with Crippen LogP contribution < -0.4 is 10.1 Å². The molecule has 3 heterocycles. The average Bonchev–Trinajstić information content (AvgIpc) is 2.80. The summed E-state index contributed by atoms with van der Waals surface area (Å²) in [6, 6.07) is 3.65. The van der Waals surface area contributed by atoms with Gasteiger partial charge in [0, 0.05) is 6.20 Å². The number of pyridine rings is 1. The quantitative estimate of drug-likeness (QED) is 0.818. The Balaban J connectivity index is 2.11. The summed E-state index contributed by atoms with van der Waals surface area (Å²) in [4.78, 5) is 14.8. The lowest BCUT2D eigenvalue weighted by Gasteiger charge is -2.10. The largest absolute Gasteiger partial charge is 0.475 e. The van der Waals surface area contributed by atoms with E-state index < -0.39 is 6.09 Å². The predicted octanol–water partition coefficient (Wildman–Crippen LogP) is 1.99. The first-order chi connectivity index (χ1) is 9.15. The first-order valence-electron chi connectivity index (χ1n) is 5.82. The van der Waals surface area contributed by atoms with Crippen molar-refractivity contribution < 1.29 is 14.6 Å². The molecule has 0 saturated heterocycles. The van der Waals surface area contributed by atoms with Crippen LogP contribution in [-0.2, 0) is 0 Å². The van der Waals surface area contributed by atoms with E-state index in [1.54, 1.807) is 12.3 Å². The second-order valence-electron chi connectivity index (χ2n) is 4.33. The van der Waals surface area contributed by atoms with Crippen LogP contribution in [0.5, 0.6) is 5.88 Å². The topological polar surface area (TPSA) is 89.3 Å². The zero-order valence-corrected chi connectivity index (χ0v) is 10.2. The van der Waals surface area contributed by atoms with E-state index in [1.807, 2.05) is 17.7 Å². The lowest BCUT2D eigenvalue weighted by Crippen LogP contribution is -2.13. The minimum atomic E-state index is -1.13. The number of aromatic nitrogens is 3. The Hall–Kier alpha value is -2.57. The molecular formula is C12H12N4O3. The van der Waals surface area contributed by atoms with Crippen LogP contribution in [0.1, 0.15) is 13.0 Å². The van der Waals surface area contributed by atoms with Crippen molar-refractivity contribution in [3.63, 3.8) is 0 Å². The summed E-state index contributed by atoms with van der Waals surface area (Å²) in [5.74, 6) is 0.488. The van der Waals surface area contributed by atoms with Gasteiger partial charge in [-0.1, -0.05) is 0 Å². The Labute approximate surface area is 108 Å². The highest BCUT2D eigenvalue weighted by Gasteiger charge is 2.22. The number of fused-ring (bicyclic) bond motifs is 3. The van der Waals surface area contributed by atoms with E-state index >= 15 is 0 Å². The van der Waals surface area contributed by atoms with Crippen LogP contribution in [0.25, 0.3) is 11.3 Å². The van der Waals surface area contributed by atoms with Gasteiger partial charge in [0.05, 0.1) is 29.2 Å². The Bertz CT molecular complexity index is 638. The van der Waals surface area contributed by atoms with Gasteiger partial charge in [0.25, 0.3) is 0 Å². The summed E-state index contributed by atoms with van der Waals surface area (Å²) < 4.78 is 7.46. The van der Waals surface area contributed by atoms with Crippen molar-refractivity contribution in [3.05, 3.63) is 24.5 Å². The number of carbonyl (C=O) groups is 1. The van der Waals surface area contributed by atoms with Crippen LogP contribution in [0.2, 0.25) is 0 Å². The Kier molecular flexibility index (Phi) is 2.59. The molecule has 2 aromatic rings. The fourth-order valence-corrected chi connectivity index (χ4v) is 2.09. The van der Waals surface area contributed by atoms with Crippen molar-refractivity contribution in [2.75, 3.05) is 11.9 Å². The van der Waals surface area contributed by atoms with E-state index in [0.29, 0.717) is 18.2 Å². The van der Waals surface area contributed by atoms with Gasteiger partial charge < -0.3 is 9.84 Å². The highest BCUT2D eigenvalue weighted by Crippen LogP contribution is 2.34. The van der Waals surface area contributed by atoms with Gasteiger partial charge in [0.15, 0.2) is 0 Å². The van der Waals surface area contributed by atoms with Crippen LogP contribution >= 0.6 is 0 Å². The van der Waals surface area contributed by atoms with E-state index in [2.05, 4.69) is 15.4 Å². The van der Waals surface area contributed by atoms with E-state index in [4.69, 9.17) is 9.84 Å². The van der Waals surface area contributed by atoms with Gasteiger partial charge in [0.2, 0.25) is 5.88 Å². The van der Waals surface area contributed by atoms with E-state index in [0.717, 1.165) is 11.3 Å². The molecule has 0 spiro atoms. The summed E-state index contributed by atoms with van der Waals surface area (Å²) >= 11 is 0. The molecule has 0 aliphatic carbocycles. The molecule has 0 aromatic carbocycles. The molecule has 1 atom stereocenters. The van der Waals surface area contributed by atoms with Gasteiger partial charge in [-0.3, -0.25) is 10.00 Å². The SMILES string of the molecule is C[C@H]1COc2ncc(NC(=O)O)cc2-c2ccnn21. The number of amides is 1. The normalized spacial score (nSPS) is 16.8. The van der Waals surface area contributed by atoms with Crippen LogP contribution in [-0.4, -0.2) is 32.6 Å². The second-order valence-corrected chi connectivity index (χ2v) is 4.33. The fraction of sp³-hybridized carbons (Fsp3) is 0.250. The number of nitrogens with one attached hydrogen (secondary N) is 1. The van der Waals surface area contributed by atoms with Crippen LogP contribution in [0.4, 0.5) is 10.5 Å². The van der Waals surface area contributed by atoms with Crippen molar-refractivity contribution in [2.45, 2.75) is 13.0 Å². The molecule has 1 aliphatic rings. The van der Waals surface area contributed by atoms with Crippen molar-refractivity contribution in [3.8, 4) is 17.1 Å². The highest BCUT2D eigenvalue weighted by atomic mass is 16.5. The zero-order valence-electron chi connectivity index (χ0n) is 10.2. The van der Waals surface area contributed by atoms with Gasteiger partial charge in [0.1, 0.15) is 6.61 Å². The molecule has 0 bridgehead atoms. The summed E-state index contributed by atoms with van der Waals surface area (Å²) in [5.41, 5.74) is 1.99. The van der Waals surface area contributed by atoms with Gasteiger partial charge >= 0.3 is 6.09 Å². The van der Waals surface area contributed by atoms with E-state index in [1.165, 1.54) is 6.20 Å². The molecule has 7 heteroatoms. The molecule has 19 heavy (non-hydrogen) atoms. The predicted molar refractivity (Wildman–Crippen MR) is 67.3 cm³/mol. The van der Waals surface area contributed by atoms with Crippen molar-refractivity contribution in [1.29, 1.82) is 0 Å². The Morgan fingerprint density at radius 3 is 3.26 bits per heavy atom. The maximum absolute atomic E-state index is 10.7. The number of ether oxygens (including phenoxy) is 1. The average molecular weight is 260 g/mol. The van der Waals surface area contributed by atoms with Gasteiger partial charge in [-0.2, -0.15) is 5.10 Å². The van der Waals surface area contributed by atoms with Gasteiger partial charge in [-0.05, 0) is 19.1 Å². The summed E-state index contributed by atoms with van der Waals surface area (Å²) in [6.45, 7) is 2.47. The molecule has 0 saturated carbocycles. The van der Waals surface area contributed by atoms with E-state index in [-0.39, 0.29) is 6.04 Å². The summed E-state index contributed by atoms with van der Waals surface area (Å²) in [6.07, 6.45) is 2.01. The molecular weight excluding hydrogens is 248 g/mol. The first-order valence-corrected chi connectivity index (χ1v) is 5.82. The lowest BCUT2D eigenvalue weighted by atomic mass is 10.2. The minimum absolute atomic E-state index is 0.0927. The lowest BCUT2D eigenvalue weighted by molar-refractivity contribution is 0.209. The first kappa shape index (κ1) is 11.5. The third-order valence-electron chi connectivity index (χ3n) is 2.93. The molecule has 1 amide bonds. The number of nitrogens with zero attached hydrogens (tertiary/aromatic N) is 3. The number of hydrogen-bond acceptors (Lipinski definition) is 4. The monoisotopic (exact) mass is 260 g/mol. The molecule has 0 fully saturated rings. The highest BCUT2D eigenvalue weighted by molar-refractivity contribution is 5.84. The molecule has 2 N–H and O–H groups in total. The van der Waals surface area contributed by atoms with Gasteiger partial charge in [-0.25, -0.2) is 9.78 Å². The van der Waals surface area contributed by atoms with Gasteiger partial charge in [-0.15, -0.1) is 0 Å². The number of anilines is 1. The van der Waals surface area contributed by atoms with Crippen molar-refractivity contribution in [1.82, 2.24) is 14.8 Å². The summed E-state index contributed by atoms with van der Waals surface area (Å²) in [7, 11) is 0. The number of carboxylic acid groups (broad SMARTS) is 1. The molecule has 0 unspecified atom stereocenters. The minimum Gasteiger partial charge on any atom is -0.475 e. The molecule has 3 rings (SSSR count). The van der Waals surface area contributed by atoms with E-state index in [9.17, 15) is 4.79 Å². The molecule has 0 radical (unpaired) electrons. The maximum Gasteiger partial charge on any atom is 0.409 e. The smallest absolute Gasteiger partial charge is 0.409 e. The maximum atomic E-state index is 10.7. The zero-order chi connectivity index (χ0) is 13.4. The standard InChI is InChI=1S/C12H12N4O3/c1-7-6-19-11-9(10-2-3-14-16(7)10)4-8(5-13-11)15-12(17)18/h2-5,7,15H,6H2,1H3,(H,17,18)/t7-/m0/s1. The van der Waals surface area contributed by atoms with Crippen LogP contribution in [0.15, 0.2) is 24.5 Å². The molecule has 1 aliphatic heterocycles. The van der Waals surface area contributed by atoms with Crippen LogP contribution in [0, 0.1) is 0 Å².